The maximum absolute atomic E-state index is 12.4. The molecule has 0 bridgehead atoms. The lowest BCUT2D eigenvalue weighted by molar-refractivity contribution is -0.121. The smallest absolute Gasteiger partial charge is 0.277 e. The Kier molecular flexibility index (Phi) is 5.10. The Morgan fingerprint density at radius 3 is 2.83 bits per heavy atom. The first-order valence-corrected chi connectivity index (χ1v) is 9.16. The monoisotopic (exact) mass is 389 g/mol. The number of imidazole rings is 1. The molecule has 146 valence electrons. The van der Waals surface area contributed by atoms with E-state index in [1.807, 2.05) is 29.8 Å². The van der Waals surface area contributed by atoms with E-state index in [1.165, 1.54) is 4.68 Å². The number of carbonyl (C=O) groups is 1. The molecule has 0 atom stereocenters. The second-order valence-corrected chi connectivity index (χ2v) is 6.53. The van der Waals surface area contributed by atoms with E-state index in [9.17, 15) is 9.59 Å². The van der Waals surface area contributed by atoms with Crippen LogP contribution in [-0.2, 0) is 17.9 Å². The van der Waals surface area contributed by atoms with Crippen molar-refractivity contribution in [2.24, 2.45) is 0 Å². The van der Waals surface area contributed by atoms with E-state index in [0.717, 1.165) is 17.2 Å². The van der Waals surface area contributed by atoms with E-state index in [1.54, 1.807) is 36.7 Å². The molecule has 0 spiro atoms. The zero-order valence-electron chi connectivity index (χ0n) is 15.8. The van der Waals surface area contributed by atoms with Gasteiger partial charge in [-0.3, -0.25) is 14.2 Å². The molecule has 0 fully saturated rings. The molecule has 0 saturated carbocycles. The number of carbonyl (C=O) groups excluding carboxylic acids is 1. The molecule has 1 amide bonds. The van der Waals surface area contributed by atoms with Crippen molar-refractivity contribution in [2.75, 3.05) is 0 Å². The number of aromatic nitrogens is 6. The summed E-state index contributed by atoms with van der Waals surface area (Å²) in [7, 11) is 0. The van der Waals surface area contributed by atoms with Gasteiger partial charge in [0.05, 0.1) is 11.9 Å². The maximum Gasteiger partial charge on any atom is 0.277 e. The number of pyridine rings is 1. The average Bonchev–Trinajstić information content (AvgIpc) is 3.18. The Hall–Kier alpha value is -3.88. The molecule has 4 rings (SSSR count). The number of amides is 1. The molecule has 0 radical (unpaired) electrons. The summed E-state index contributed by atoms with van der Waals surface area (Å²) in [5.41, 5.74) is 1.21. The van der Waals surface area contributed by atoms with Gasteiger partial charge >= 0.3 is 0 Å². The van der Waals surface area contributed by atoms with Gasteiger partial charge in [0, 0.05) is 31.6 Å². The van der Waals surface area contributed by atoms with E-state index in [-0.39, 0.29) is 24.4 Å². The van der Waals surface area contributed by atoms with Gasteiger partial charge in [-0.15, -0.1) is 5.10 Å². The molecule has 0 aliphatic heterocycles. The fourth-order valence-corrected chi connectivity index (χ4v) is 2.99. The van der Waals surface area contributed by atoms with Crippen molar-refractivity contribution in [3.8, 4) is 5.82 Å². The second-order valence-electron chi connectivity index (χ2n) is 6.53. The Balaban J connectivity index is 1.37. The van der Waals surface area contributed by atoms with Crippen LogP contribution in [0.1, 0.15) is 17.8 Å². The number of hydrogen-bond donors (Lipinski definition) is 1. The van der Waals surface area contributed by atoms with Crippen LogP contribution in [0.5, 0.6) is 0 Å². The summed E-state index contributed by atoms with van der Waals surface area (Å²) in [6.07, 6.45) is 5.37. The Morgan fingerprint density at radius 1 is 1.14 bits per heavy atom. The summed E-state index contributed by atoms with van der Waals surface area (Å²) in [5.74, 6) is 1.40. The maximum atomic E-state index is 12.4. The highest BCUT2D eigenvalue weighted by Gasteiger charge is 2.08. The normalized spacial score (nSPS) is 10.9. The zero-order valence-corrected chi connectivity index (χ0v) is 15.8. The first-order chi connectivity index (χ1) is 14.1. The number of nitrogens with zero attached hydrogens (tertiary/aromatic N) is 6. The molecule has 0 aliphatic rings. The van der Waals surface area contributed by atoms with Crippen molar-refractivity contribution in [3.05, 3.63) is 76.7 Å². The Bertz CT molecular complexity index is 1230. The highest BCUT2D eigenvalue weighted by atomic mass is 16.2. The quantitative estimate of drug-likeness (QED) is 0.534. The third kappa shape index (κ3) is 4.03. The summed E-state index contributed by atoms with van der Waals surface area (Å²) in [4.78, 5) is 33.2. The molecule has 4 aromatic rings. The van der Waals surface area contributed by atoms with Crippen molar-refractivity contribution < 1.29 is 4.79 Å². The second kappa shape index (κ2) is 8.01. The van der Waals surface area contributed by atoms with Gasteiger partial charge in [0.15, 0.2) is 0 Å². The topological polar surface area (TPSA) is 108 Å². The van der Waals surface area contributed by atoms with Crippen molar-refractivity contribution in [1.82, 2.24) is 34.8 Å². The Morgan fingerprint density at radius 2 is 2.00 bits per heavy atom. The molecule has 3 heterocycles. The molecule has 9 nitrogen and oxygen atoms in total. The predicted octanol–water partition coefficient (Wildman–Crippen LogP) is 1.39. The number of fused-ring (bicyclic) bond motifs is 1. The summed E-state index contributed by atoms with van der Waals surface area (Å²) in [6, 6.07) is 10.7. The molecule has 0 aliphatic carbocycles. The molecular weight excluding hydrogens is 370 g/mol. The van der Waals surface area contributed by atoms with Crippen molar-refractivity contribution in [3.63, 3.8) is 0 Å². The van der Waals surface area contributed by atoms with Gasteiger partial charge in [0.2, 0.25) is 5.91 Å². The minimum absolute atomic E-state index is 0.130. The number of nitrogens with one attached hydrogen (secondary N) is 1. The van der Waals surface area contributed by atoms with Crippen LogP contribution >= 0.6 is 0 Å². The Labute approximate surface area is 166 Å². The molecule has 1 N–H and O–H groups in total. The molecule has 29 heavy (non-hydrogen) atoms. The third-order valence-electron chi connectivity index (χ3n) is 4.55. The van der Waals surface area contributed by atoms with Crippen molar-refractivity contribution >= 4 is 16.8 Å². The minimum atomic E-state index is -0.252. The summed E-state index contributed by atoms with van der Waals surface area (Å²) < 4.78 is 3.09. The third-order valence-corrected chi connectivity index (χ3v) is 4.55. The largest absolute Gasteiger partial charge is 0.352 e. The number of hydrogen-bond acceptors (Lipinski definition) is 6. The van der Waals surface area contributed by atoms with Crippen LogP contribution in [0.4, 0.5) is 0 Å². The standard InChI is InChI=1S/C20H19N7O2/c1-14-21-9-11-26(14)18-12-15(6-8-22-18)13-23-19(28)7-10-27-20(29)16-4-2-3-5-17(16)24-25-27/h2-6,8-9,11-12H,7,10,13H2,1H3,(H,23,28). The molecule has 0 unspecified atom stereocenters. The van der Waals surface area contributed by atoms with Gasteiger partial charge in [0.25, 0.3) is 5.56 Å². The lowest BCUT2D eigenvalue weighted by Crippen LogP contribution is -2.29. The van der Waals surface area contributed by atoms with Gasteiger partial charge in [-0.2, -0.15) is 0 Å². The van der Waals surface area contributed by atoms with Crippen LogP contribution in [0.15, 0.2) is 59.8 Å². The SMILES string of the molecule is Cc1nccn1-c1cc(CNC(=O)CCn2nnc3ccccc3c2=O)ccn1. The molecule has 1 aromatic carbocycles. The van der Waals surface area contributed by atoms with Crippen LogP contribution in [-0.4, -0.2) is 35.4 Å². The van der Waals surface area contributed by atoms with Gasteiger partial charge < -0.3 is 5.32 Å². The van der Waals surface area contributed by atoms with Gasteiger partial charge in [0.1, 0.15) is 17.2 Å². The summed E-state index contributed by atoms with van der Waals surface area (Å²) >= 11 is 0. The van der Waals surface area contributed by atoms with Gasteiger partial charge in [-0.1, -0.05) is 17.3 Å². The van der Waals surface area contributed by atoms with E-state index in [0.29, 0.717) is 17.4 Å². The van der Waals surface area contributed by atoms with E-state index in [2.05, 4.69) is 25.6 Å². The highest BCUT2D eigenvalue weighted by Crippen LogP contribution is 2.09. The molecule has 3 aromatic heterocycles. The van der Waals surface area contributed by atoms with E-state index < -0.39 is 0 Å². The predicted molar refractivity (Wildman–Crippen MR) is 106 cm³/mol. The summed E-state index contributed by atoms with van der Waals surface area (Å²) in [6.45, 7) is 2.42. The highest BCUT2D eigenvalue weighted by molar-refractivity contribution is 5.77. The molecule has 9 heteroatoms. The van der Waals surface area contributed by atoms with Crippen LogP contribution < -0.4 is 10.9 Å². The first-order valence-electron chi connectivity index (χ1n) is 9.16. The van der Waals surface area contributed by atoms with Gasteiger partial charge in [-0.05, 0) is 36.8 Å². The number of rotatable bonds is 6. The summed E-state index contributed by atoms with van der Waals surface area (Å²) in [5, 5.41) is 11.3. The lowest BCUT2D eigenvalue weighted by Gasteiger charge is -2.09. The van der Waals surface area contributed by atoms with Crippen LogP contribution in [0, 0.1) is 6.92 Å². The van der Waals surface area contributed by atoms with Gasteiger partial charge in [-0.25, -0.2) is 14.6 Å². The average molecular weight is 389 g/mol. The van der Waals surface area contributed by atoms with Crippen LogP contribution in [0.2, 0.25) is 0 Å². The number of benzene rings is 1. The lowest BCUT2D eigenvalue weighted by atomic mass is 10.2. The fourth-order valence-electron chi connectivity index (χ4n) is 2.99. The number of aryl methyl sites for hydroxylation is 2. The zero-order chi connectivity index (χ0) is 20.2. The van der Waals surface area contributed by atoms with E-state index in [4.69, 9.17) is 0 Å². The minimum Gasteiger partial charge on any atom is -0.352 e. The molecule has 0 saturated heterocycles. The van der Waals surface area contributed by atoms with Crippen LogP contribution in [0.3, 0.4) is 0 Å². The van der Waals surface area contributed by atoms with Crippen molar-refractivity contribution in [2.45, 2.75) is 26.4 Å². The van der Waals surface area contributed by atoms with E-state index >= 15 is 0 Å². The first kappa shape index (κ1) is 18.5. The fraction of sp³-hybridized carbons (Fsp3) is 0.200. The van der Waals surface area contributed by atoms with Crippen molar-refractivity contribution in [1.29, 1.82) is 0 Å². The molecular formula is C20H19N7O2. The van der Waals surface area contributed by atoms with Crippen LogP contribution in [0.25, 0.3) is 16.7 Å².